The molecule has 1 aliphatic carbocycles. The van der Waals surface area contributed by atoms with Gasteiger partial charge in [0.2, 0.25) is 0 Å². The Labute approximate surface area is 99.6 Å². The van der Waals surface area contributed by atoms with Crippen LogP contribution in [0.5, 0.6) is 0 Å². The van der Waals surface area contributed by atoms with E-state index in [0.29, 0.717) is 5.92 Å². The van der Waals surface area contributed by atoms with Crippen LogP contribution >= 0.6 is 0 Å². The number of nitrogens with one attached hydrogen (secondary N) is 1. The molecule has 5 nitrogen and oxygen atoms in total. The molecular formula is C12H15N5. The van der Waals surface area contributed by atoms with Crippen molar-refractivity contribution in [3.05, 3.63) is 42.5 Å². The van der Waals surface area contributed by atoms with Crippen molar-refractivity contribution in [3.63, 3.8) is 0 Å². The summed E-state index contributed by atoms with van der Waals surface area (Å²) in [5.74, 6) is 2.57. The molecule has 88 valence electrons. The average molecular weight is 229 g/mol. The van der Waals surface area contributed by atoms with Crippen molar-refractivity contribution in [1.82, 2.24) is 24.7 Å². The highest BCUT2D eigenvalue weighted by Crippen LogP contribution is 2.27. The normalized spacial score (nSPS) is 19.6. The molecule has 0 spiro atoms. The van der Waals surface area contributed by atoms with Crippen LogP contribution in [0, 0.1) is 0 Å². The Morgan fingerprint density at radius 1 is 1.35 bits per heavy atom. The van der Waals surface area contributed by atoms with Crippen LogP contribution < -0.4 is 0 Å². The highest BCUT2D eigenvalue weighted by atomic mass is 15.2. The molecule has 0 amide bonds. The number of hydrogen-bond acceptors (Lipinski definition) is 3. The average Bonchev–Trinajstić information content (AvgIpc) is 3.02. The maximum atomic E-state index is 4.49. The van der Waals surface area contributed by atoms with Crippen molar-refractivity contribution < 1.29 is 0 Å². The van der Waals surface area contributed by atoms with E-state index in [-0.39, 0.29) is 0 Å². The lowest BCUT2D eigenvalue weighted by Gasteiger charge is -2.18. The summed E-state index contributed by atoms with van der Waals surface area (Å²) in [4.78, 5) is 8.64. The third-order valence-electron chi connectivity index (χ3n) is 3.17. The number of imidazole rings is 1. The van der Waals surface area contributed by atoms with Gasteiger partial charge in [0.15, 0.2) is 0 Å². The Bertz CT molecular complexity index is 497. The van der Waals surface area contributed by atoms with Crippen LogP contribution in [0.1, 0.15) is 36.8 Å². The Balaban J connectivity index is 1.81. The van der Waals surface area contributed by atoms with Gasteiger partial charge in [0.25, 0.3) is 0 Å². The van der Waals surface area contributed by atoms with Gasteiger partial charge in [-0.3, -0.25) is 5.10 Å². The minimum absolute atomic E-state index is 0.540. The standard InChI is InChI=1S/C12H15N5/c1-2-4-10(5-3-1)12-13-6-7-17(12)8-11-14-9-15-16-11/h1-2,6-7,9-10H,3-5,8H2,(H,14,15,16). The van der Waals surface area contributed by atoms with Crippen molar-refractivity contribution in [2.24, 2.45) is 0 Å². The molecule has 0 radical (unpaired) electrons. The lowest BCUT2D eigenvalue weighted by molar-refractivity contribution is 0.546. The summed E-state index contributed by atoms with van der Waals surface area (Å²) in [6, 6.07) is 0. The maximum Gasteiger partial charge on any atom is 0.144 e. The van der Waals surface area contributed by atoms with Crippen molar-refractivity contribution in [2.75, 3.05) is 0 Å². The molecule has 0 bridgehead atoms. The van der Waals surface area contributed by atoms with E-state index in [9.17, 15) is 0 Å². The van der Waals surface area contributed by atoms with Gasteiger partial charge in [-0.25, -0.2) is 9.97 Å². The van der Waals surface area contributed by atoms with Gasteiger partial charge >= 0.3 is 0 Å². The molecule has 0 fully saturated rings. The summed E-state index contributed by atoms with van der Waals surface area (Å²) < 4.78 is 2.16. The molecular weight excluding hydrogens is 214 g/mol. The van der Waals surface area contributed by atoms with Gasteiger partial charge in [0.1, 0.15) is 18.0 Å². The predicted octanol–water partition coefficient (Wildman–Crippen LogP) is 1.87. The Kier molecular flexibility index (Phi) is 2.73. The molecule has 17 heavy (non-hydrogen) atoms. The van der Waals surface area contributed by atoms with Gasteiger partial charge in [-0.1, -0.05) is 12.2 Å². The first kappa shape index (κ1) is 10.3. The topological polar surface area (TPSA) is 59.4 Å². The quantitative estimate of drug-likeness (QED) is 0.817. The molecule has 3 rings (SSSR count). The largest absolute Gasteiger partial charge is 0.327 e. The molecule has 0 saturated heterocycles. The zero-order valence-corrected chi connectivity index (χ0v) is 9.58. The second-order valence-corrected chi connectivity index (χ2v) is 4.33. The number of hydrogen-bond donors (Lipinski definition) is 1. The SMILES string of the molecule is C1=CCC(c2nccn2Cc2ncn[nH]2)CC1. The van der Waals surface area contributed by atoms with E-state index in [0.717, 1.165) is 31.0 Å². The van der Waals surface area contributed by atoms with Crippen molar-refractivity contribution in [3.8, 4) is 0 Å². The molecule has 0 saturated carbocycles. The number of rotatable bonds is 3. The summed E-state index contributed by atoms with van der Waals surface area (Å²) >= 11 is 0. The van der Waals surface area contributed by atoms with E-state index in [2.05, 4.69) is 36.9 Å². The minimum atomic E-state index is 0.540. The monoisotopic (exact) mass is 229 g/mol. The zero-order chi connectivity index (χ0) is 11.5. The number of aromatic amines is 1. The van der Waals surface area contributed by atoms with Crippen LogP contribution in [-0.4, -0.2) is 24.7 Å². The van der Waals surface area contributed by atoms with E-state index >= 15 is 0 Å². The molecule has 2 aromatic heterocycles. The zero-order valence-electron chi connectivity index (χ0n) is 9.58. The van der Waals surface area contributed by atoms with E-state index in [4.69, 9.17) is 0 Å². The first-order valence-corrected chi connectivity index (χ1v) is 5.94. The summed E-state index contributed by atoms with van der Waals surface area (Å²) in [6.07, 6.45) is 13.3. The molecule has 0 aliphatic heterocycles. The number of H-pyrrole nitrogens is 1. The highest BCUT2D eigenvalue weighted by molar-refractivity contribution is 5.08. The lowest BCUT2D eigenvalue weighted by Crippen LogP contribution is -2.11. The number of allylic oxidation sites excluding steroid dienone is 2. The molecule has 0 aromatic carbocycles. The second-order valence-electron chi connectivity index (χ2n) is 4.33. The number of nitrogens with zero attached hydrogens (tertiary/aromatic N) is 4. The van der Waals surface area contributed by atoms with Crippen LogP contribution in [-0.2, 0) is 6.54 Å². The maximum absolute atomic E-state index is 4.49. The lowest BCUT2D eigenvalue weighted by atomic mass is 9.94. The van der Waals surface area contributed by atoms with Gasteiger partial charge in [-0.2, -0.15) is 5.10 Å². The summed E-state index contributed by atoms with van der Waals surface area (Å²) in [5, 5.41) is 6.75. The van der Waals surface area contributed by atoms with Crippen molar-refractivity contribution in [1.29, 1.82) is 0 Å². The first-order valence-electron chi connectivity index (χ1n) is 5.94. The fourth-order valence-electron chi connectivity index (χ4n) is 2.31. The van der Waals surface area contributed by atoms with Crippen molar-refractivity contribution >= 4 is 0 Å². The molecule has 1 unspecified atom stereocenters. The molecule has 1 atom stereocenters. The Hall–Kier alpha value is -1.91. The fourth-order valence-corrected chi connectivity index (χ4v) is 2.31. The van der Waals surface area contributed by atoms with Gasteiger partial charge in [-0.05, 0) is 19.3 Å². The first-order chi connectivity index (χ1) is 8.43. The van der Waals surface area contributed by atoms with E-state index in [1.54, 1.807) is 0 Å². The van der Waals surface area contributed by atoms with Crippen molar-refractivity contribution in [2.45, 2.75) is 31.7 Å². The molecule has 5 heteroatoms. The molecule has 2 heterocycles. The van der Waals surface area contributed by atoms with E-state index in [1.165, 1.54) is 12.7 Å². The molecule has 1 N–H and O–H groups in total. The van der Waals surface area contributed by atoms with Gasteiger partial charge in [0.05, 0.1) is 6.54 Å². The summed E-state index contributed by atoms with van der Waals surface area (Å²) in [6.45, 7) is 0.718. The highest BCUT2D eigenvalue weighted by Gasteiger charge is 2.17. The van der Waals surface area contributed by atoms with Gasteiger partial charge < -0.3 is 4.57 Å². The van der Waals surface area contributed by atoms with Crippen LogP contribution in [0.4, 0.5) is 0 Å². The summed E-state index contributed by atoms with van der Waals surface area (Å²) in [7, 11) is 0. The van der Waals surface area contributed by atoms with E-state index < -0.39 is 0 Å². The molecule has 1 aliphatic rings. The van der Waals surface area contributed by atoms with Gasteiger partial charge in [0, 0.05) is 18.3 Å². The third-order valence-corrected chi connectivity index (χ3v) is 3.17. The Morgan fingerprint density at radius 2 is 2.35 bits per heavy atom. The van der Waals surface area contributed by atoms with Crippen LogP contribution in [0.15, 0.2) is 30.9 Å². The smallest absolute Gasteiger partial charge is 0.144 e. The predicted molar refractivity (Wildman–Crippen MR) is 63.4 cm³/mol. The fraction of sp³-hybridized carbons (Fsp3) is 0.417. The van der Waals surface area contributed by atoms with Crippen LogP contribution in [0.2, 0.25) is 0 Å². The number of aromatic nitrogens is 5. The van der Waals surface area contributed by atoms with E-state index in [1.807, 2.05) is 12.4 Å². The third kappa shape index (κ3) is 2.13. The summed E-state index contributed by atoms with van der Waals surface area (Å²) in [5.41, 5.74) is 0. The van der Waals surface area contributed by atoms with Crippen LogP contribution in [0.3, 0.4) is 0 Å². The minimum Gasteiger partial charge on any atom is -0.327 e. The molecule has 2 aromatic rings. The van der Waals surface area contributed by atoms with Crippen LogP contribution in [0.25, 0.3) is 0 Å². The Morgan fingerprint density at radius 3 is 3.12 bits per heavy atom. The van der Waals surface area contributed by atoms with Gasteiger partial charge in [-0.15, -0.1) is 0 Å². The second kappa shape index (κ2) is 4.53.